The van der Waals surface area contributed by atoms with Crippen molar-refractivity contribution in [2.24, 2.45) is 0 Å². The van der Waals surface area contributed by atoms with E-state index in [1.54, 1.807) is 6.33 Å². The van der Waals surface area contributed by atoms with Gasteiger partial charge in [0.2, 0.25) is 0 Å². The molecule has 0 amide bonds. The van der Waals surface area contributed by atoms with E-state index < -0.39 is 0 Å². The maximum absolute atomic E-state index is 4.06. The fraction of sp³-hybridized carbons (Fsp3) is 0.778. The van der Waals surface area contributed by atoms with E-state index in [2.05, 4.69) is 41.3 Å². The number of nitrogens with zero attached hydrogens (tertiary/aromatic N) is 2. The van der Waals surface area contributed by atoms with Gasteiger partial charge in [-0.25, -0.2) is 4.98 Å². The Kier molecular flexibility index (Phi) is 3.42. The summed E-state index contributed by atoms with van der Waals surface area (Å²) in [5, 5.41) is 10.1. The van der Waals surface area contributed by atoms with Crippen molar-refractivity contribution in [3.63, 3.8) is 0 Å². The first-order chi connectivity index (χ1) is 6.08. The van der Waals surface area contributed by atoms with Crippen LogP contribution in [0.4, 0.5) is 0 Å². The second-order valence-corrected chi connectivity index (χ2v) is 4.21. The fourth-order valence-corrected chi connectivity index (χ4v) is 1.07. The zero-order valence-corrected chi connectivity index (χ0v) is 8.59. The Morgan fingerprint density at radius 2 is 2.23 bits per heavy atom. The lowest BCUT2D eigenvalue weighted by Gasteiger charge is -2.20. The lowest BCUT2D eigenvalue weighted by molar-refractivity contribution is 0.421. The number of aryl methyl sites for hydroxylation is 1. The minimum atomic E-state index is 0.210. The molecule has 0 saturated carbocycles. The molecule has 1 aromatic rings. The number of hydrogen-bond acceptors (Lipinski definition) is 3. The van der Waals surface area contributed by atoms with Gasteiger partial charge in [-0.1, -0.05) is 0 Å². The third kappa shape index (κ3) is 4.62. The van der Waals surface area contributed by atoms with Crippen molar-refractivity contribution in [2.75, 3.05) is 6.54 Å². The average Bonchev–Trinajstić information content (AvgIpc) is 2.48. The second-order valence-electron chi connectivity index (χ2n) is 4.21. The van der Waals surface area contributed by atoms with Gasteiger partial charge in [-0.3, -0.25) is 5.10 Å². The highest BCUT2D eigenvalue weighted by Crippen LogP contribution is 1.99. The Bertz CT molecular complexity index is 222. The number of aromatic nitrogens is 3. The summed E-state index contributed by atoms with van der Waals surface area (Å²) in [7, 11) is 0. The Balaban J connectivity index is 2.09. The number of aromatic amines is 1. The molecular weight excluding hydrogens is 164 g/mol. The van der Waals surface area contributed by atoms with Crippen LogP contribution in [0.3, 0.4) is 0 Å². The maximum Gasteiger partial charge on any atom is 0.137 e. The van der Waals surface area contributed by atoms with E-state index >= 15 is 0 Å². The number of H-pyrrole nitrogens is 1. The molecule has 4 heteroatoms. The topological polar surface area (TPSA) is 53.6 Å². The first-order valence-corrected chi connectivity index (χ1v) is 4.67. The molecular formula is C9H18N4. The van der Waals surface area contributed by atoms with Crippen LogP contribution in [0.15, 0.2) is 6.33 Å². The summed E-state index contributed by atoms with van der Waals surface area (Å²) in [6.45, 7) is 7.52. The van der Waals surface area contributed by atoms with Crippen LogP contribution in [0.5, 0.6) is 0 Å². The molecule has 2 N–H and O–H groups in total. The molecule has 0 radical (unpaired) electrons. The molecule has 0 saturated heterocycles. The van der Waals surface area contributed by atoms with Crippen LogP contribution in [0.25, 0.3) is 0 Å². The quantitative estimate of drug-likeness (QED) is 0.686. The molecule has 0 fully saturated rings. The predicted octanol–water partition coefficient (Wildman–Crippen LogP) is 1.13. The van der Waals surface area contributed by atoms with Gasteiger partial charge in [0.1, 0.15) is 12.2 Å². The van der Waals surface area contributed by atoms with Gasteiger partial charge < -0.3 is 5.32 Å². The van der Waals surface area contributed by atoms with Crippen molar-refractivity contribution < 1.29 is 0 Å². The molecule has 4 nitrogen and oxygen atoms in total. The molecule has 1 heterocycles. The third-order valence-electron chi connectivity index (χ3n) is 1.71. The van der Waals surface area contributed by atoms with Crippen LogP contribution in [-0.2, 0) is 6.42 Å². The summed E-state index contributed by atoms with van der Waals surface area (Å²) in [6, 6.07) is 0. The van der Waals surface area contributed by atoms with Crippen LogP contribution in [0.2, 0.25) is 0 Å². The second kappa shape index (κ2) is 4.37. The number of nitrogens with one attached hydrogen (secondary N) is 2. The molecule has 0 aliphatic heterocycles. The van der Waals surface area contributed by atoms with Crippen LogP contribution >= 0.6 is 0 Å². The van der Waals surface area contributed by atoms with Gasteiger partial charge in [-0.2, -0.15) is 5.10 Å². The Morgan fingerprint density at radius 1 is 1.46 bits per heavy atom. The molecule has 0 aromatic carbocycles. The van der Waals surface area contributed by atoms with E-state index in [-0.39, 0.29) is 5.54 Å². The monoisotopic (exact) mass is 182 g/mol. The van der Waals surface area contributed by atoms with Crippen LogP contribution in [-0.4, -0.2) is 27.3 Å². The first kappa shape index (κ1) is 10.2. The highest BCUT2D eigenvalue weighted by molar-refractivity contribution is 4.80. The lowest BCUT2D eigenvalue weighted by Crippen LogP contribution is -2.36. The summed E-state index contributed by atoms with van der Waals surface area (Å²) in [4.78, 5) is 4.06. The molecule has 74 valence electrons. The van der Waals surface area contributed by atoms with Crippen LogP contribution in [0, 0.1) is 0 Å². The maximum atomic E-state index is 4.06. The molecule has 0 spiro atoms. The summed E-state index contributed by atoms with van der Waals surface area (Å²) in [5.74, 6) is 0.968. The SMILES string of the molecule is CC(C)(C)NCCCc1ncn[nH]1. The minimum absolute atomic E-state index is 0.210. The normalized spacial score (nSPS) is 11.9. The predicted molar refractivity (Wildman–Crippen MR) is 52.5 cm³/mol. The zero-order chi connectivity index (χ0) is 9.73. The van der Waals surface area contributed by atoms with E-state index in [1.807, 2.05) is 0 Å². The van der Waals surface area contributed by atoms with Crippen LogP contribution < -0.4 is 5.32 Å². The van der Waals surface area contributed by atoms with E-state index in [1.165, 1.54) is 0 Å². The van der Waals surface area contributed by atoms with Gasteiger partial charge in [-0.05, 0) is 33.7 Å². The fourth-order valence-electron chi connectivity index (χ4n) is 1.07. The van der Waals surface area contributed by atoms with Crippen LogP contribution in [0.1, 0.15) is 33.0 Å². The smallest absolute Gasteiger partial charge is 0.137 e. The highest BCUT2D eigenvalue weighted by Gasteiger charge is 2.07. The molecule has 0 aliphatic rings. The van der Waals surface area contributed by atoms with E-state index in [0.717, 1.165) is 25.2 Å². The molecule has 0 unspecified atom stereocenters. The molecule has 13 heavy (non-hydrogen) atoms. The molecule has 1 aromatic heterocycles. The van der Waals surface area contributed by atoms with Crippen molar-refractivity contribution in [1.29, 1.82) is 0 Å². The van der Waals surface area contributed by atoms with Crippen molar-refractivity contribution in [1.82, 2.24) is 20.5 Å². The van der Waals surface area contributed by atoms with Crippen molar-refractivity contribution in [3.05, 3.63) is 12.2 Å². The number of hydrogen-bond donors (Lipinski definition) is 2. The minimum Gasteiger partial charge on any atom is -0.312 e. The number of rotatable bonds is 4. The zero-order valence-electron chi connectivity index (χ0n) is 8.59. The largest absolute Gasteiger partial charge is 0.312 e. The highest BCUT2D eigenvalue weighted by atomic mass is 15.2. The summed E-state index contributed by atoms with van der Waals surface area (Å²) >= 11 is 0. The Morgan fingerprint density at radius 3 is 2.77 bits per heavy atom. The van der Waals surface area contributed by atoms with Gasteiger partial charge in [0.25, 0.3) is 0 Å². The molecule has 1 rings (SSSR count). The molecule has 0 atom stereocenters. The Hall–Kier alpha value is -0.900. The van der Waals surface area contributed by atoms with E-state index in [4.69, 9.17) is 0 Å². The van der Waals surface area contributed by atoms with Crippen molar-refractivity contribution >= 4 is 0 Å². The summed E-state index contributed by atoms with van der Waals surface area (Å²) in [6.07, 6.45) is 3.60. The summed E-state index contributed by atoms with van der Waals surface area (Å²) in [5.41, 5.74) is 0.210. The van der Waals surface area contributed by atoms with Gasteiger partial charge in [0.15, 0.2) is 0 Å². The third-order valence-corrected chi connectivity index (χ3v) is 1.71. The molecule has 0 aliphatic carbocycles. The van der Waals surface area contributed by atoms with Gasteiger partial charge in [0.05, 0.1) is 0 Å². The lowest BCUT2D eigenvalue weighted by atomic mass is 10.1. The summed E-state index contributed by atoms with van der Waals surface area (Å²) < 4.78 is 0. The van der Waals surface area contributed by atoms with Crippen molar-refractivity contribution in [2.45, 2.75) is 39.2 Å². The molecule has 0 bridgehead atoms. The van der Waals surface area contributed by atoms with E-state index in [9.17, 15) is 0 Å². The van der Waals surface area contributed by atoms with Gasteiger partial charge >= 0.3 is 0 Å². The average molecular weight is 182 g/mol. The van der Waals surface area contributed by atoms with Gasteiger partial charge in [-0.15, -0.1) is 0 Å². The standard InChI is InChI=1S/C9H18N4/c1-9(2,3)11-6-4-5-8-10-7-12-13-8/h7,11H,4-6H2,1-3H3,(H,10,12,13). The Labute approximate surface area is 79.2 Å². The van der Waals surface area contributed by atoms with Crippen molar-refractivity contribution in [3.8, 4) is 0 Å². The first-order valence-electron chi connectivity index (χ1n) is 4.67. The van der Waals surface area contributed by atoms with E-state index in [0.29, 0.717) is 0 Å². The van der Waals surface area contributed by atoms with Gasteiger partial charge in [0, 0.05) is 12.0 Å².